The van der Waals surface area contributed by atoms with Crippen molar-refractivity contribution in [2.75, 3.05) is 18.4 Å². The van der Waals surface area contributed by atoms with Gasteiger partial charge in [0.2, 0.25) is 0 Å². The Hall–Kier alpha value is -1.99. The fourth-order valence-electron chi connectivity index (χ4n) is 1.86. The number of aromatic nitrogens is 1. The van der Waals surface area contributed by atoms with Crippen molar-refractivity contribution in [2.45, 2.75) is 19.4 Å². The van der Waals surface area contributed by atoms with Gasteiger partial charge in [-0.3, -0.25) is 4.79 Å². The van der Waals surface area contributed by atoms with Crippen LogP contribution < -0.4 is 10.6 Å². The number of thiazole rings is 1. The van der Waals surface area contributed by atoms with Crippen LogP contribution in [0.4, 0.5) is 9.52 Å². The van der Waals surface area contributed by atoms with E-state index in [9.17, 15) is 14.3 Å². The third-order valence-electron chi connectivity index (χ3n) is 3.12. The molecule has 1 aromatic heterocycles. The average molecular weight is 323 g/mol. The second kappa shape index (κ2) is 6.85. The van der Waals surface area contributed by atoms with Gasteiger partial charge in [-0.2, -0.15) is 0 Å². The summed E-state index contributed by atoms with van der Waals surface area (Å²) in [4.78, 5) is 16.6. The summed E-state index contributed by atoms with van der Waals surface area (Å²) < 4.78 is 12.9. The van der Waals surface area contributed by atoms with Crippen molar-refractivity contribution in [1.82, 2.24) is 10.3 Å². The lowest BCUT2D eigenvalue weighted by molar-refractivity contribution is 0.0527. The van der Waals surface area contributed by atoms with E-state index in [0.717, 1.165) is 6.54 Å². The topological polar surface area (TPSA) is 74.2 Å². The van der Waals surface area contributed by atoms with Crippen LogP contribution in [0.2, 0.25) is 0 Å². The van der Waals surface area contributed by atoms with Crippen molar-refractivity contribution in [3.05, 3.63) is 46.7 Å². The number of hydrogen-bond acceptors (Lipinski definition) is 5. The molecular formula is C15H18FN3O2S. The number of anilines is 1. The minimum absolute atomic E-state index is 0.0197. The van der Waals surface area contributed by atoms with Crippen LogP contribution in [0.15, 0.2) is 30.5 Å². The van der Waals surface area contributed by atoms with Crippen LogP contribution in [0.3, 0.4) is 0 Å². The van der Waals surface area contributed by atoms with E-state index in [-0.39, 0.29) is 18.3 Å². The molecule has 0 aliphatic heterocycles. The van der Waals surface area contributed by atoms with E-state index in [1.165, 1.54) is 41.8 Å². The molecule has 0 saturated carbocycles. The Bertz CT molecular complexity index is 640. The van der Waals surface area contributed by atoms with Gasteiger partial charge in [0.05, 0.1) is 12.7 Å². The number of amides is 1. The molecule has 1 amide bonds. The van der Waals surface area contributed by atoms with E-state index in [1.54, 1.807) is 6.92 Å². The molecule has 2 rings (SSSR count). The molecule has 0 unspecified atom stereocenters. The maximum Gasteiger partial charge on any atom is 0.263 e. The fourth-order valence-corrected chi connectivity index (χ4v) is 2.66. The van der Waals surface area contributed by atoms with E-state index in [1.807, 2.05) is 6.92 Å². The first-order chi connectivity index (χ1) is 10.4. The fraction of sp³-hybridized carbons (Fsp3) is 0.333. The smallest absolute Gasteiger partial charge is 0.263 e. The summed E-state index contributed by atoms with van der Waals surface area (Å²) in [6.45, 7) is 4.26. The van der Waals surface area contributed by atoms with Gasteiger partial charge in [-0.05, 0) is 31.5 Å². The largest absolute Gasteiger partial charge is 0.384 e. The molecule has 1 atom stereocenters. The Kier molecular flexibility index (Phi) is 5.10. The SMILES string of the molecule is CCNc1ncc(C(=O)NC[C@](C)(O)c2ccc(F)cc2)s1. The molecule has 0 bridgehead atoms. The van der Waals surface area contributed by atoms with E-state index >= 15 is 0 Å². The van der Waals surface area contributed by atoms with Gasteiger partial charge in [-0.25, -0.2) is 9.37 Å². The van der Waals surface area contributed by atoms with Crippen LogP contribution >= 0.6 is 11.3 Å². The van der Waals surface area contributed by atoms with Gasteiger partial charge in [0, 0.05) is 6.54 Å². The Morgan fingerprint density at radius 1 is 1.41 bits per heavy atom. The second-order valence-electron chi connectivity index (χ2n) is 5.02. The van der Waals surface area contributed by atoms with Crippen molar-refractivity contribution in [2.24, 2.45) is 0 Å². The summed E-state index contributed by atoms with van der Waals surface area (Å²) in [5, 5.41) is 16.8. The predicted molar refractivity (Wildman–Crippen MR) is 84.6 cm³/mol. The van der Waals surface area contributed by atoms with Crippen molar-refractivity contribution in [3.63, 3.8) is 0 Å². The minimum atomic E-state index is -1.28. The molecule has 5 nitrogen and oxygen atoms in total. The zero-order valence-corrected chi connectivity index (χ0v) is 13.2. The number of rotatable bonds is 6. The van der Waals surface area contributed by atoms with Crippen LogP contribution in [0.5, 0.6) is 0 Å². The number of hydrogen-bond donors (Lipinski definition) is 3. The summed E-state index contributed by atoms with van der Waals surface area (Å²) in [6.07, 6.45) is 1.49. The van der Waals surface area contributed by atoms with Gasteiger partial charge < -0.3 is 15.7 Å². The Morgan fingerprint density at radius 3 is 2.73 bits per heavy atom. The van der Waals surface area contributed by atoms with E-state index in [0.29, 0.717) is 15.6 Å². The van der Waals surface area contributed by atoms with Crippen LogP contribution in [-0.2, 0) is 5.60 Å². The van der Waals surface area contributed by atoms with E-state index < -0.39 is 5.60 Å². The number of nitrogens with one attached hydrogen (secondary N) is 2. The van der Waals surface area contributed by atoms with Gasteiger partial charge in [-0.15, -0.1) is 0 Å². The highest BCUT2D eigenvalue weighted by Gasteiger charge is 2.24. The number of halogens is 1. The summed E-state index contributed by atoms with van der Waals surface area (Å²) in [7, 11) is 0. The van der Waals surface area contributed by atoms with Gasteiger partial charge in [-0.1, -0.05) is 23.5 Å². The van der Waals surface area contributed by atoms with Crippen molar-refractivity contribution >= 4 is 22.4 Å². The van der Waals surface area contributed by atoms with E-state index in [4.69, 9.17) is 0 Å². The highest BCUT2D eigenvalue weighted by atomic mass is 32.1. The molecule has 7 heteroatoms. The van der Waals surface area contributed by atoms with Crippen molar-refractivity contribution in [1.29, 1.82) is 0 Å². The summed E-state index contributed by atoms with van der Waals surface area (Å²) in [5.74, 6) is -0.673. The third kappa shape index (κ3) is 4.02. The Balaban J connectivity index is 1.98. The third-order valence-corrected chi connectivity index (χ3v) is 4.07. The molecule has 2 aromatic rings. The molecule has 0 aliphatic carbocycles. The molecule has 1 heterocycles. The van der Waals surface area contributed by atoms with E-state index in [2.05, 4.69) is 15.6 Å². The van der Waals surface area contributed by atoms with Gasteiger partial charge >= 0.3 is 0 Å². The molecule has 0 saturated heterocycles. The lowest BCUT2D eigenvalue weighted by Crippen LogP contribution is -2.38. The second-order valence-corrected chi connectivity index (χ2v) is 6.05. The maximum atomic E-state index is 12.9. The zero-order chi connectivity index (χ0) is 16.2. The lowest BCUT2D eigenvalue weighted by atomic mass is 9.96. The van der Waals surface area contributed by atoms with Crippen molar-refractivity contribution in [3.8, 4) is 0 Å². The van der Waals surface area contributed by atoms with Crippen LogP contribution in [0.1, 0.15) is 29.1 Å². The Morgan fingerprint density at radius 2 is 2.09 bits per heavy atom. The monoisotopic (exact) mass is 323 g/mol. The highest BCUT2D eigenvalue weighted by Crippen LogP contribution is 2.21. The molecule has 3 N–H and O–H groups in total. The van der Waals surface area contributed by atoms with Gasteiger partial charge in [0.25, 0.3) is 5.91 Å². The quantitative estimate of drug-likeness (QED) is 0.763. The zero-order valence-electron chi connectivity index (χ0n) is 12.4. The molecule has 0 spiro atoms. The van der Waals surface area contributed by atoms with Crippen LogP contribution in [0.25, 0.3) is 0 Å². The number of carbonyl (C=O) groups is 1. The Labute approximate surface area is 132 Å². The highest BCUT2D eigenvalue weighted by molar-refractivity contribution is 7.17. The molecule has 0 aliphatic rings. The predicted octanol–water partition coefficient (Wildman–Crippen LogP) is 2.35. The molecular weight excluding hydrogens is 305 g/mol. The molecule has 22 heavy (non-hydrogen) atoms. The molecule has 118 valence electrons. The minimum Gasteiger partial charge on any atom is -0.384 e. The first-order valence-electron chi connectivity index (χ1n) is 6.88. The number of carbonyl (C=O) groups excluding carboxylic acids is 1. The summed E-state index contributed by atoms with van der Waals surface area (Å²) >= 11 is 1.25. The number of aliphatic hydroxyl groups is 1. The number of benzene rings is 1. The molecule has 1 aromatic carbocycles. The number of nitrogens with zero attached hydrogens (tertiary/aromatic N) is 1. The molecule has 0 radical (unpaired) electrons. The van der Waals surface area contributed by atoms with Crippen LogP contribution in [0, 0.1) is 5.82 Å². The first kappa shape index (κ1) is 16.4. The molecule has 0 fully saturated rings. The first-order valence-corrected chi connectivity index (χ1v) is 7.70. The van der Waals surface area contributed by atoms with Gasteiger partial charge in [0.15, 0.2) is 5.13 Å². The standard InChI is InChI=1S/C15H18FN3O2S/c1-3-17-14-18-8-12(22-14)13(20)19-9-15(2,21)10-4-6-11(16)7-5-10/h4-8,21H,3,9H2,1-2H3,(H,17,18)(H,19,20)/t15-/m0/s1. The van der Waals surface area contributed by atoms with Gasteiger partial charge in [0.1, 0.15) is 16.3 Å². The summed E-state index contributed by atoms with van der Waals surface area (Å²) in [5.41, 5.74) is -0.745. The average Bonchev–Trinajstić information content (AvgIpc) is 2.94. The lowest BCUT2D eigenvalue weighted by Gasteiger charge is -2.24. The maximum absolute atomic E-state index is 12.9. The van der Waals surface area contributed by atoms with Crippen LogP contribution in [-0.4, -0.2) is 29.1 Å². The normalized spacial score (nSPS) is 13.5. The van der Waals surface area contributed by atoms with Crippen molar-refractivity contribution < 1.29 is 14.3 Å². The summed E-state index contributed by atoms with van der Waals surface area (Å²) in [6, 6.07) is 5.55.